The quantitative estimate of drug-likeness (QED) is 0.362. The number of hydrogen-bond donors (Lipinski definition) is 0. The second-order valence-electron chi connectivity index (χ2n) is 8.27. The summed E-state index contributed by atoms with van der Waals surface area (Å²) in [4.78, 5) is 2.27. The Balaban J connectivity index is 1.64. The average Bonchev–Trinajstić information content (AvgIpc) is 3.32. The molecule has 29 heavy (non-hydrogen) atoms. The van der Waals surface area contributed by atoms with Crippen LogP contribution in [-0.2, 0) is 5.41 Å². The Labute approximate surface area is 172 Å². The molecule has 1 aliphatic carbocycles. The van der Waals surface area contributed by atoms with Crippen molar-refractivity contribution in [2.75, 3.05) is 11.9 Å². The van der Waals surface area contributed by atoms with Crippen molar-refractivity contribution >= 4 is 22.3 Å². The molecule has 0 aliphatic heterocycles. The van der Waals surface area contributed by atoms with Crippen molar-refractivity contribution in [3.63, 3.8) is 0 Å². The van der Waals surface area contributed by atoms with E-state index in [1.807, 2.05) is 6.07 Å². The number of anilines is 2. The Morgan fingerprint density at radius 3 is 2.21 bits per heavy atom. The minimum Gasteiger partial charge on any atom is -0.464 e. The molecule has 1 heterocycles. The average molecular weight is 382 g/mol. The van der Waals surface area contributed by atoms with Crippen molar-refractivity contribution < 1.29 is 4.42 Å². The highest BCUT2D eigenvalue weighted by atomic mass is 16.3. The van der Waals surface area contributed by atoms with Crippen LogP contribution in [0.1, 0.15) is 43.4 Å². The molecule has 0 bridgehead atoms. The van der Waals surface area contributed by atoms with E-state index in [1.165, 1.54) is 39.2 Å². The zero-order valence-electron chi connectivity index (χ0n) is 17.6. The van der Waals surface area contributed by atoms with Crippen molar-refractivity contribution in [1.29, 1.82) is 0 Å². The zero-order valence-corrected chi connectivity index (χ0v) is 17.6. The fourth-order valence-electron chi connectivity index (χ4n) is 5.13. The van der Waals surface area contributed by atoms with E-state index in [-0.39, 0.29) is 5.41 Å². The molecule has 0 N–H and O–H groups in total. The standard InChI is InChI=1S/C27H27NO/c1-5-27(6-2)24-15-18(3)7-10-22(24)23-11-8-21(17-25(23)27)28(4)20-9-12-26-19(16-20)13-14-29-26/h7-17H,5-6H2,1-4H3. The van der Waals surface area contributed by atoms with Crippen molar-refractivity contribution in [1.82, 2.24) is 0 Å². The van der Waals surface area contributed by atoms with Gasteiger partial charge in [0.25, 0.3) is 0 Å². The van der Waals surface area contributed by atoms with E-state index in [0.29, 0.717) is 0 Å². The maximum atomic E-state index is 5.50. The summed E-state index contributed by atoms with van der Waals surface area (Å²) in [5.74, 6) is 0. The van der Waals surface area contributed by atoms with Crippen LogP contribution < -0.4 is 4.90 Å². The van der Waals surface area contributed by atoms with E-state index in [1.54, 1.807) is 6.26 Å². The molecule has 1 aromatic heterocycles. The first-order valence-electron chi connectivity index (χ1n) is 10.5. The van der Waals surface area contributed by atoms with Gasteiger partial charge in [-0.1, -0.05) is 43.7 Å². The van der Waals surface area contributed by atoms with Gasteiger partial charge in [-0.15, -0.1) is 0 Å². The molecule has 1 aliphatic rings. The normalized spacial score (nSPS) is 14.1. The van der Waals surface area contributed by atoms with Gasteiger partial charge in [0.15, 0.2) is 0 Å². The van der Waals surface area contributed by atoms with Crippen molar-refractivity contribution in [3.05, 3.63) is 83.6 Å². The lowest BCUT2D eigenvalue weighted by Gasteiger charge is -2.31. The number of fused-ring (bicyclic) bond motifs is 4. The summed E-state index contributed by atoms with van der Waals surface area (Å²) in [6, 6.07) is 22.3. The third kappa shape index (κ3) is 2.55. The topological polar surface area (TPSA) is 16.4 Å². The Kier molecular flexibility index (Phi) is 4.06. The first-order chi connectivity index (χ1) is 14.1. The van der Waals surface area contributed by atoms with E-state index < -0.39 is 0 Å². The predicted octanol–water partition coefficient (Wildman–Crippen LogP) is 7.60. The Morgan fingerprint density at radius 1 is 0.793 bits per heavy atom. The van der Waals surface area contributed by atoms with Gasteiger partial charge in [-0.2, -0.15) is 0 Å². The predicted molar refractivity (Wildman–Crippen MR) is 122 cm³/mol. The van der Waals surface area contributed by atoms with Crippen LogP contribution in [0.2, 0.25) is 0 Å². The minimum atomic E-state index is 0.0993. The highest BCUT2D eigenvalue weighted by Gasteiger charge is 2.40. The van der Waals surface area contributed by atoms with Crippen molar-refractivity contribution in [2.45, 2.75) is 39.0 Å². The van der Waals surface area contributed by atoms with Crippen LogP contribution in [0.3, 0.4) is 0 Å². The summed E-state index contributed by atoms with van der Waals surface area (Å²) in [7, 11) is 2.15. The molecule has 0 saturated carbocycles. The molecule has 0 fully saturated rings. The summed E-state index contributed by atoms with van der Waals surface area (Å²) >= 11 is 0. The molecule has 2 heteroatoms. The second-order valence-corrected chi connectivity index (χ2v) is 8.27. The lowest BCUT2D eigenvalue weighted by atomic mass is 9.73. The van der Waals surface area contributed by atoms with Crippen LogP contribution in [0.15, 0.2) is 71.3 Å². The molecule has 0 amide bonds. The summed E-state index contributed by atoms with van der Waals surface area (Å²) in [5.41, 5.74) is 10.5. The summed E-state index contributed by atoms with van der Waals surface area (Å²) in [5, 5.41) is 1.13. The van der Waals surface area contributed by atoms with E-state index in [9.17, 15) is 0 Å². The largest absolute Gasteiger partial charge is 0.464 e. The summed E-state index contributed by atoms with van der Waals surface area (Å²) in [6.45, 7) is 6.85. The zero-order chi connectivity index (χ0) is 20.2. The highest BCUT2D eigenvalue weighted by Crippen LogP contribution is 2.53. The first-order valence-corrected chi connectivity index (χ1v) is 10.5. The number of hydrogen-bond acceptors (Lipinski definition) is 2. The van der Waals surface area contributed by atoms with Gasteiger partial charge in [0.2, 0.25) is 0 Å². The molecule has 2 nitrogen and oxygen atoms in total. The smallest absolute Gasteiger partial charge is 0.133 e. The molecule has 5 rings (SSSR count). The molecule has 0 atom stereocenters. The van der Waals surface area contributed by atoms with Crippen LogP contribution in [0.4, 0.5) is 11.4 Å². The monoisotopic (exact) mass is 381 g/mol. The van der Waals surface area contributed by atoms with Gasteiger partial charge in [-0.3, -0.25) is 0 Å². The third-order valence-corrected chi connectivity index (χ3v) is 6.92. The maximum Gasteiger partial charge on any atom is 0.133 e. The maximum absolute atomic E-state index is 5.50. The molecule has 0 unspecified atom stereocenters. The Hall–Kier alpha value is -3.00. The summed E-state index contributed by atoms with van der Waals surface area (Å²) < 4.78 is 5.50. The lowest BCUT2D eigenvalue weighted by Crippen LogP contribution is -2.23. The molecule has 0 radical (unpaired) electrons. The van der Waals surface area contributed by atoms with Gasteiger partial charge >= 0.3 is 0 Å². The van der Waals surface area contributed by atoms with Crippen LogP contribution >= 0.6 is 0 Å². The van der Waals surface area contributed by atoms with E-state index >= 15 is 0 Å². The number of benzene rings is 3. The second kappa shape index (κ2) is 6.52. The Morgan fingerprint density at radius 2 is 1.45 bits per heavy atom. The molecule has 0 spiro atoms. The van der Waals surface area contributed by atoms with Crippen molar-refractivity contribution in [2.24, 2.45) is 0 Å². The van der Waals surface area contributed by atoms with Crippen LogP contribution in [0.25, 0.3) is 22.1 Å². The minimum absolute atomic E-state index is 0.0993. The molecule has 3 aromatic carbocycles. The number of rotatable bonds is 4. The van der Waals surface area contributed by atoms with Gasteiger partial charge in [0.05, 0.1) is 6.26 Å². The number of furan rings is 1. The van der Waals surface area contributed by atoms with Gasteiger partial charge in [0, 0.05) is 29.2 Å². The number of aryl methyl sites for hydroxylation is 1. The van der Waals surface area contributed by atoms with E-state index in [4.69, 9.17) is 4.42 Å². The first kappa shape index (κ1) is 18.1. The van der Waals surface area contributed by atoms with Gasteiger partial charge in [0.1, 0.15) is 5.58 Å². The molecule has 146 valence electrons. The molecular formula is C27H27NO. The molecule has 0 saturated heterocycles. The van der Waals surface area contributed by atoms with Gasteiger partial charge < -0.3 is 9.32 Å². The number of nitrogens with zero attached hydrogens (tertiary/aromatic N) is 1. The lowest BCUT2D eigenvalue weighted by molar-refractivity contribution is 0.490. The highest BCUT2D eigenvalue weighted by molar-refractivity contribution is 5.86. The van der Waals surface area contributed by atoms with Crippen molar-refractivity contribution in [3.8, 4) is 11.1 Å². The van der Waals surface area contributed by atoms with E-state index in [2.05, 4.69) is 87.3 Å². The fourth-order valence-corrected chi connectivity index (χ4v) is 5.13. The van der Waals surface area contributed by atoms with Gasteiger partial charge in [-0.25, -0.2) is 0 Å². The van der Waals surface area contributed by atoms with Gasteiger partial charge in [-0.05, 0) is 78.4 Å². The van der Waals surface area contributed by atoms with Crippen LogP contribution in [-0.4, -0.2) is 7.05 Å². The van der Waals surface area contributed by atoms with Crippen LogP contribution in [0.5, 0.6) is 0 Å². The fraction of sp³-hybridized carbons (Fsp3) is 0.259. The van der Waals surface area contributed by atoms with Crippen LogP contribution in [0, 0.1) is 6.92 Å². The Bertz CT molecular complexity index is 1210. The molecule has 4 aromatic rings. The SMILES string of the molecule is CCC1(CC)c2cc(C)ccc2-c2ccc(N(C)c3ccc4occc4c3)cc21. The summed E-state index contributed by atoms with van der Waals surface area (Å²) in [6.07, 6.45) is 3.97. The van der Waals surface area contributed by atoms with E-state index in [0.717, 1.165) is 23.8 Å². The third-order valence-electron chi connectivity index (χ3n) is 6.92. The molecular weight excluding hydrogens is 354 g/mol.